The van der Waals surface area contributed by atoms with Crippen LogP contribution in [-0.2, 0) is 6.42 Å². The van der Waals surface area contributed by atoms with Crippen molar-refractivity contribution in [1.82, 2.24) is 10.6 Å². The van der Waals surface area contributed by atoms with Crippen LogP contribution in [0.25, 0.3) is 10.8 Å². The standard InChI is InChI=1S/C17H23N3S/c1-18-17(20-11-12-21-2)19-10-9-14-7-8-15-5-3-4-6-16(15)13-14/h3-8,13H,9-12H2,1-2H3,(H2,18,19,20). The van der Waals surface area contributed by atoms with Crippen LogP contribution in [0.15, 0.2) is 47.5 Å². The van der Waals surface area contributed by atoms with Gasteiger partial charge in [0, 0.05) is 25.9 Å². The highest BCUT2D eigenvalue weighted by molar-refractivity contribution is 7.98. The predicted molar refractivity (Wildman–Crippen MR) is 95.4 cm³/mol. The minimum absolute atomic E-state index is 0.879. The van der Waals surface area contributed by atoms with Crippen LogP contribution in [0, 0.1) is 0 Å². The first kappa shape index (κ1) is 15.7. The first-order valence-corrected chi connectivity index (χ1v) is 8.64. The average molecular weight is 301 g/mol. The Morgan fingerprint density at radius 1 is 1.05 bits per heavy atom. The summed E-state index contributed by atoms with van der Waals surface area (Å²) in [7, 11) is 1.81. The number of nitrogens with one attached hydrogen (secondary N) is 2. The largest absolute Gasteiger partial charge is 0.356 e. The lowest BCUT2D eigenvalue weighted by molar-refractivity contribution is 0.813. The number of rotatable bonds is 6. The number of hydrogen-bond acceptors (Lipinski definition) is 2. The molecular weight excluding hydrogens is 278 g/mol. The van der Waals surface area contributed by atoms with Crippen molar-refractivity contribution in [3.63, 3.8) is 0 Å². The third-order valence-electron chi connectivity index (χ3n) is 3.34. The van der Waals surface area contributed by atoms with Crippen molar-refractivity contribution in [2.45, 2.75) is 6.42 Å². The molecule has 0 radical (unpaired) electrons. The molecule has 0 saturated heterocycles. The molecule has 2 aromatic carbocycles. The first-order valence-electron chi connectivity index (χ1n) is 7.24. The molecule has 2 aromatic rings. The summed E-state index contributed by atoms with van der Waals surface area (Å²) in [6.07, 6.45) is 3.10. The molecular formula is C17H23N3S. The summed E-state index contributed by atoms with van der Waals surface area (Å²) in [5, 5.41) is 9.26. The van der Waals surface area contributed by atoms with Crippen molar-refractivity contribution < 1.29 is 0 Å². The molecule has 0 aliphatic carbocycles. The van der Waals surface area contributed by atoms with Gasteiger partial charge in [-0.2, -0.15) is 11.8 Å². The zero-order chi connectivity index (χ0) is 14.9. The topological polar surface area (TPSA) is 36.4 Å². The molecule has 0 aromatic heterocycles. The minimum Gasteiger partial charge on any atom is -0.356 e. The van der Waals surface area contributed by atoms with Gasteiger partial charge in [-0.3, -0.25) is 4.99 Å². The van der Waals surface area contributed by atoms with Gasteiger partial charge in [-0.05, 0) is 29.0 Å². The van der Waals surface area contributed by atoms with Gasteiger partial charge in [0.25, 0.3) is 0 Å². The number of fused-ring (bicyclic) bond motifs is 1. The molecule has 3 nitrogen and oxygen atoms in total. The van der Waals surface area contributed by atoms with E-state index in [-0.39, 0.29) is 0 Å². The van der Waals surface area contributed by atoms with E-state index in [0.717, 1.165) is 31.2 Å². The minimum atomic E-state index is 0.879. The van der Waals surface area contributed by atoms with Gasteiger partial charge in [0.1, 0.15) is 0 Å². The molecule has 2 N–H and O–H groups in total. The van der Waals surface area contributed by atoms with Crippen molar-refractivity contribution in [2.75, 3.05) is 32.1 Å². The van der Waals surface area contributed by atoms with Crippen molar-refractivity contribution in [2.24, 2.45) is 4.99 Å². The Morgan fingerprint density at radius 2 is 1.81 bits per heavy atom. The third-order valence-corrected chi connectivity index (χ3v) is 3.95. The Bertz CT molecular complexity index is 595. The van der Waals surface area contributed by atoms with E-state index in [1.807, 2.05) is 18.8 Å². The maximum Gasteiger partial charge on any atom is 0.191 e. The highest BCUT2D eigenvalue weighted by atomic mass is 32.2. The zero-order valence-electron chi connectivity index (χ0n) is 12.7. The van der Waals surface area contributed by atoms with Gasteiger partial charge in [-0.25, -0.2) is 0 Å². The number of benzene rings is 2. The first-order chi connectivity index (χ1) is 10.3. The third kappa shape index (κ3) is 4.97. The van der Waals surface area contributed by atoms with E-state index in [0.29, 0.717) is 0 Å². The van der Waals surface area contributed by atoms with E-state index >= 15 is 0 Å². The van der Waals surface area contributed by atoms with Crippen LogP contribution in [-0.4, -0.2) is 38.1 Å². The molecule has 2 rings (SSSR count). The van der Waals surface area contributed by atoms with E-state index in [4.69, 9.17) is 0 Å². The maximum atomic E-state index is 4.23. The number of guanidine groups is 1. The summed E-state index contributed by atoms with van der Waals surface area (Å²) in [5.74, 6) is 1.97. The highest BCUT2D eigenvalue weighted by Crippen LogP contribution is 2.15. The zero-order valence-corrected chi connectivity index (χ0v) is 13.5. The molecule has 0 atom stereocenters. The number of nitrogens with zero attached hydrogens (tertiary/aromatic N) is 1. The van der Waals surface area contributed by atoms with Crippen molar-refractivity contribution in [1.29, 1.82) is 0 Å². The highest BCUT2D eigenvalue weighted by Gasteiger charge is 1.99. The van der Waals surface area contributed by atoms with Crippen LogP contribution in [0.5, 0.6) is 0 Å². The second-order valence-corrected chi connectivity index (χ2v) is 5.84. The van der Waals surface area contributed by atoms with Crippen LogP contribution in [0.2, 0.25) is 0 Å². The number of hydrogen-bond donors (Lipinski definition) is 2. The molecule has 0 unspecified atom stereocenters. The quantitative estimate of drug-likeness (QED) is 0.489. The molecule has 0 saturated carbocycles. The number of thioether (sulfide) groups is 1. The fourth-order valence-corrected chi connectivity index (χ4v) is 2.52. The number of aliphatic imine (C=N–C) groups is 1. The summed E-state index contributed by atoms with van der Waals surface area (Å²) >= 11 is 1.83. The van der Waals surface area contributed by atoms with Gasteiger partial charge < -0.3 is 10.6 Å². The molecule has 0 amide bonds. The summed E-state index contributed by atoms with van der Waals surface area (Å²) in [6, 6.07) is 15.1. The fourth-order valence-electron chi connectivity index (χ4n) is 2.21. The maximum absolute atomic E-state index is 4.23. The van der Waals surface area contributed by atoms with Crippen LogP contribution >= 0.6 is 11.8 Å². The second-order valence-electron chi connectivity index (χ2n) is 4.85. The molecule has 0 fully saturated rings. The van der Waals surface area contributed by atoms with E-state index < -0.39 is 0 Å². The monoisotopic (exact) mass is 301 g/mol. The lowest BCUT2D eigenvalue weighted by Gasteiger charge is -2.11. The smallest absolute Gasteiger partial charge is 0.191 e. The molecule has 0 aliphatic heterocycles. The SMILES string of the molecule is CN=C(NCCSC)NCCc1ccc2ccccc2c1. The molecule has 0 heterocycles. The Labute approximate surface area is 131 Å². The van der Waals surface area contributed by atoms with Gasteiger partial charge >= 0.3 is 0 Å². The molecule has 0 aliphatic rings. The fraction of sp³-hybridized carbons (Fsp3) is 0.353. The molecule has 0 spiro atoms. The van der Waals surface area contributed by atoms with Crippen LogP contribution in [0.3, 0.4) is 0 Å². The van der Waals surface area contributed by atoms with Crippen molar-refractivity contribution >= 4 is 28.5 Å². The Kier molecular flexibility index (Phi) is 6.41. The van der Waals surface area contributed by atoms with Crippen LogP contribution in [0.4, 0.5) is 0 Å². The summed E-state index contributed by atoms with van der Waals surface area (Å²) in [6.45, 7) is 1.83. The predicted octanol–water partition coefficient (Wildman–Crippen LogP) is 2.91. The van der Waals surface area contributed by atoms with Crippen LogP contribution < -0.4 is 10.6 Å². The van der Waals surface area contributed by atoms with Crippen molar-refractivity contribution in [3.05, 3.63) is 48.0 Å². The normalized spacial score (nSPS) is 11.6. The summed E-state index contributed by atoms with van der Waals surface area (Å²) in [4.78, 5) is 4.23. The van der Waals surface area contributed by atoms with Gasteiger partial charge in [0.05, 0.1) is 0 Å². The van der Waals surface area contributed by atoms with E-state index in [1.54, 1.807) is 0 Å². The molecule has 21 heavy (non-hydrogen) atoms. The second kappa shape index (κ2) is 8.57. The molecule has 4 heteroatoms. The van der Waals surface area contributed by atoms with E-state index in [2.05, 4.69) is 64.3 Å². The van der Waals surface area contributed by atoms with Crippen LogP contribution in [0.1, 0.15) is 5.56 Å². The average Bonchev–Trinajstić information content (AvgIpc) is 2.53. The Hall–Kier alpha value is -1.68. The van der Waals surface area contributed by atoms with Crippen molar-refractivity contribution in [3.8, 4) is 0 Å². The van der Waals surface area contributed by atoms with Gasteiger partial charge in [-0.1, -0.05) is 42.5 Å². The van der Waals surface area contributed by atoms with Gasteiger partial charge in [0.15, 0.2) is 5.96 Å². The summed E-state index contributed by atoms with van der Waals surface area (Å²) in [5.41, 5.74) is 1.35. The Morgan fingerprint density at radius 3 is 2.57 bits per heavy atom. The van der Waals surface area contributed by atoms with Gasteiger partial charge in [-0.15, -0.1) is 0 Å². The molecule has 0 bridgehead atoms. The summed E-state index contributed by atoms with van der Waals surface area (Å²) < 4.78 is 0. The lowest BCUT2D eigenvalue weighted by atomic mass is 10.1. The molecule has 112 valence electrons. The van der Waals surface area contributed by atoms with E-state index in [9.17, 15) is 0 Å². The lowest BCUT2D eigenvalue weighted by Crippen LogP contribution is -2.39. The van der Waals surface area contributed by atoms with E-state index in [1.165, 1.54) is 16.3 Å². The Balaban J connectivity index is 1.83. The van der Waals surface area contributed by atoms with Gasteiger partial charge in [0.2, 0.25) is 0 Å².